The number of carbonyl (C=O) groups excluding carboxylic acids is 1. The third-order valence-corrected chi connectivity index (χ3v) is 4.07. The van der Waals surface area contributed by atoms with Gasteiger partial charge in [0.05, 0.1) is 0 Å². The molecular weight excluding hydrogens is 305 g/mol. The SMILES string of the molecule is CCCCN1C(=O)O/C(=C\c2ccc(F)cc2)C1c1ccccc1. The quantitative estimate of drug-likeness (QED) is 0.760. The maximum atomic E-state index is 13.1. The predicted octanol–water partition coefficient (Wildman–Crippen LogP) is 5.16. The van der Waals surface area contributed by atoms with Crippen molar-refractivity contribution in [2.75, 3.05) is 6.54 Å². The van der Waals surface area contributed by atoms with Crippen molar-refractivity contribution in [1.29, 1.82) is 0 Å². The fraction of sp³-hybridized carbons (Fsp3) is 0.250. The number of unbranched alkanes of at least 4 members (excludes halogenated alkanes) is 1. The molecule has 0 N–H and O–H groups in total. The highest BCUT2D eigenvalue weighted by molar-refractivity contribution is 5.76. The number of ether oxygens (including phenoxy) is 1. The van der Waals surface area contributed by atoms with Crippen molar-refractivity contribution in [2.45, 2.75) is 25.8 Å². The Labute approximate surface area is 141 Å². The topological polar surface area (TPSA) is 29.5 Å². The molecule has 2 aromatic rings. The summed E-state index contributed by atoms with van der Waals surface area (Å²) < 4.78 is 18.6. The van der Waals surface area contributed by atoms with Crippen LogP contribution in [0.5, 0.6) is 0 Å². The van der Waals surface area contributed by atoms with Crippen LogP contribution in [-0.2, 0) is 4.74 Å². The average Bonchev–Trinajstić information content (AvgIpc) is 2.91. The highest BCUT2D eigenvalue weighted by Crippen LogP contribution is 2.37. The minimum absolute atomic E-state index is 0.240. The van der Waals surface area contributed by atoms with Gasteiger partial charge in [0.2, 0.25) is 0 Å². The van der Waals surface area contributed by atoms with E-state index >= 15 is 0 Å². The van der Waals surface area contributed by atoms with Crippen LogP contribution in [0.3, 0.4) is 0 Å². The number of hydrogen-bond acceptors (Lipinski definition) is 2. The second-order valence-corrected chi connectivity index (χ2v) is 5.83. The summed E-state index contributed by atoms with van der Waals surface area (Å²) in [5.74, 6) is 0.290. The molecule has 124 valence electrons. The first-order chi connectivity index (χ1) is 11.7. The first-order valence-corrected chi connectivity index (χ1v) is 8.19. The second-order valence-electron chi connectivity index (χ2n) is 5.83. The van der Waals surface area contributed by atoms with Crippen LogP contribution in [0.4, 0.5) is 9.18 Å². The summed E-state index contributed by atoms with van der Waals surface area (Å²) in [6.07, 6.45) is 3.40. The van der Waals surface area contributed by atoms with E-state index in [0.29, 0.717) is 12.3 Å². The minimum atomic E-state index is -0.328. The van der Waals surface area contributed by atoms with Gasteiger partial charge < -0.3 is 4.74 Å². The smallest absolute Gasteiger partial charge is 0.412 e. The Hall–Kier alpha value is -2.62. The van der Waals surface area contributed by atoms with Crippen molar-refractivity contribution in [3.63, 3.8) is 0 Å². The molecule has 4 heteroatoms. The van der Waals surface area contributed by atoms with E-state index < -0.39 is 0 Å². The van der Waals surface area contributed by atoms with Gasteiger partial charge in [-0.1, -0.05) is 55.8 Å². The lowest BCUT2D eigenvalue weighted by Crippen LogP contribution is -2.28. The summed E-state index contributed by atoms with van der Waals surface area (Å²) in [4.78, 5) is 14.1. The molecule has 1 unspecified atom stereocenters. The number of cyclic esters (lactones) is 1. The Morgan fingerprint density at radius 2 is 1.83 bits per heavy atom. The molecule has 3 nitrogen and oxygen atoms in total. The third kappa shape index (κ3) is 3.48. The Morgan fingerprint density at radius 3 is 2.50 bits per heavy atom. The van der Waals surface area contributed by atoms with Gasteiger partial charge in [0, 0.05) is 6.54 Å². The van der Waals surface area contributed by atoms with E-state index in [9.17, 15) is 9.18 Å². The van der Waals surface area contributed by atoms with Gasteiger partial charge in [-0.15, -0.1) is 0 Å². The molecule has 0 aromatic heterocycles. The van der Waals surface area contributed by atoms with Gasteiger partial charge in [-0.25, -0.2) is 9.18 Å². The molecule has 24 heavy (non-hydrogen) atoms. The van der Waals surface area contributed by atoms with Crippen LogP contribution < -0.4 is 0 Å². The molecule has 1 amide bonds. The summed E-state index contributed by atoms with van der Waals surface area (Å²) in [6, 6.07) is 15.7. The Kier molecular flexibility index (Phi) is 4.94. The molecule has 1 atom stereocenters. The van der Waals surface area contributed by atoms with E-state index in [1.807, 2.05) is 30.3 Å². The molecular formula is C20H20FNO2. The van der Waals surface area contributed by atoms with Gasteiger partial charge in [-0.05, 0) is 35.8 Å². The Bertz CT molecular complexity index is 725. The fourth-order valence-electron chi connectivity index (χ4n) is 2.83. The summed E-state index contributed by atoms with van der Waals surface area (Å²) in [5, 5.41) is 0. The maximum absolute atomic E-state index is 13.1. The molecule has 0 aliphatic carbocycles. The number of amides is 1. The summed E-state index contributed by atoms with van der Waals surface area (Å²) in [6.45, 7) is 2.74. The summed E-state index contributed by atoms with van der Waals surface area (Å²) in [7, 11) is 0. The van der Waals surface area contributed by atoms with Crippen LogP contribution in [0.2, 0.25) is 0 Å². The van der Waals surface area contributed by atoms with Crippen molar-refractivity contribution >= 4 is 12.2 Å². The van der Waals surface area contributed by atoms with E-state index in [1.54, 1.807) is 23.1 Å². The lowest BCUT2D eigenvalue weighted by atomic mass is 10.0. The van der Waals surface area contributed by atoms with E-state index in [0.717, 1.165) is 24.0 Å². The van der Waals surface area contributed by atoms with Crippen LogP contribution in [0.15, 0.2) is 60.4 Å². The molecule has 0 bridgehead atoms. The van der Waals surface area contributed by atoms with E-state index in [-0.39, 0.29) is 18.0 Å². The molecule has 0 spiro atoms. The van der Waals surface area contributed by atoms with Gasteiger partial charge in [0.25, 0.3) is 0 Å². The van der Waals surface area contributed by atoms with Crippen LogP contribution in [0, 0.1) is 5.82 Å². The molecule has 3 rings (SSSR count). The van der Waals surface area contributed by atoms with Crippen LogP contribution in [0.1, 0.15) is 36.9 Å². The van der Waals surface area contributed by atoms with Gasteiger partial charge in [0.1, 0.15) is 17.6 Å². The van der Waals surface area contributed by atoms with Crippen molar-refractivity contribution in [3.05, 3.63) is 77.3 Å². The molecule has 1 aliphatic rings. The fourth-order valence-corrected chi connectivity index (χ4v) is 2.83. The molecule has 0 saturated carbocycles. The van der Waals surface area contributed by atoms with Crippen LogP contribution >= 0.6 is 0 Å². The monoisotopic (exact) mass is 325 g/mol. The third-order valence-electron chi connectivity index (χ3n) is 4.07. The Morgan fingerprint density at radius 1 is 1.12 bits per heavy atom. The highest BCUT2D eigenvalue weighted by Gasteiger charge is 2.38. The van der Waals surface area contributed by atoms with Gasteiger partial charge in [-0.3, -0.25) is 4.90 Å². The average molecular weight is 325 g/mol. The first-order valence-electron chi connectivity index (χ1n) is 8.19. The number of halogens is 1. The molecule has 1 heterocycles. The van der Waals surface area contributed by atoms with E-state index in [4.69, 9.17) is 4.74 Å². The molecule has 2 aromatic carbocycles. The van der Waals surface area contributed by atoms with Gasteiger partial charge >= 0.3 is 6.09 Å². The van der Waals surface area contributed by atoms with Crippen molar-refractivity contribution < 1.29 is 13.9 Å². The van der Waals surface area contributed by atoms with Crippen molar-refractivity contribution in [3.8, 4) is 0 Å². The zero-order chi connectivity index (χ0) is 16.9. The zero-order valence-corrected chi connectivity index (χ0v) is 13.6. The second kappa shape index (κ2) is 7.30. The number of rotatable bonds is 5. The number of hydrogen-bond donors (Lipinski definition) is 0. The number of benzene rings is 2. The Balaban J connectivity index is 1.97. The zero-order valence-electron chi connectivity index (χ0n) is 13.6. The largest absolute Gasteiger partial charge is 0.415 e. The van der Waals surface area contributed by atoms with Crippen LogP contribution in [-0.4, -0.2) is 17.5 Å². The number of nitrogens with zero attached hydrogens (tertiary/aromatic N) is 1. The lowest BCUT2D eigenvalue weighted by Gasteiger charge is -2.21. The van der Waals surface area contributed by atoms with E-state index in [2.05, 4.69) is 6.92 Å². The molecule has 1 saturated heterocycles. The molecule has 1 fully saturated rings. The molecule has 0 radical (unpaired) electrons. The predicted molar refractivity (Wildman–Crippen MR) is 91.7 cm³/mol. The van der Waals surface area contributed by atoms with Crippen molar-refractivity contribution in [1.82, 2.24) is 4.90 Å². The first kappa shape index (κ1) is 16.2. The highest BCUT2D eigenvalue weighted by atomic mass is 19.1. The lowest BCUT2D eigenvalue weighted by molar-refractivity contribution is 0.164. The molecule has 1 aliphatic heterocycles. The van der Waals surface area contributed by atoms with Gasteiger partial charge in [-0.2, -0.15) is 0 Å². The van der Waals surface area contributed by atoms with Gasteiger partial charge in [0.15, 0.2) is 0 Å². The maximum Gasteiger partial charge on any atom is 0.415 e. The van der Waals surface area contributed by atoms with Crippen molar-refractivity contribution in [2.24, 2.45) is 0 Å². The minimum Gasteiger partial charge on any atom is -0.412 e. The summed E-state index contributed by atoms with van der Waals surface area (Å²) in [5.41, 5.74) is 1.81. The summed E-state index contributed by atoms with van der Waals surface area (Å²) >= 11 is 0. The normalized spacial score (nSPS) is 18.9. The number of carbonyl (C=O) groups is 1. The standard InChI is InChI=1S/C20H20FNO2/c1-2-3-13-22-19(16-7-5-4-6-8-16)18(24-20(22)23)14-15-9-11-17(21)12-10-15/h4-12,14,19H,2-3,13H2,1H3/b18-14-. The van der Waals surface area contributed by atoms with E-state index in [1.165, 1.54) is 12.1 Å². The van der Waals surface area contributed by atoms with Crippen LogP contribution in [0.25, 0.3) is 6.08 Å².